The van der Waals surface area contributed by atoms with Crippen LogP contribution in [0.3, 0.4) is 0 Å². The van der Waals surface area contributed by atoms with E-state index in [0.717, 1.165) is 12.8 Å². The van der Waals surface area contributed by atoms with Gasteiger partial charge in [-0.2, -0.15) is 0 Å². The molecule has 5 nitrogen and oxygen atoms in total. The van der Waals surface area contributed by atoms with Gasteiger partial charge in [-0.05, 0) is 32.0 Å². The molecule has 0 heterocycles. The molecular weight excluding hydrogens is 282 g/mol. The lowest BCUT2D eigenvalue weighted by molar-refractivity contribution is 0.0690. The third-order valence-corrected chi connectivity index (χ3v) is 3.46. The highest BCUT2D eigenvalue weighted by molar-refractivity contribution is 6.04. The van der Waals surface area contributed by atoms with Gasteiger partial charge in [-0.25, -0.2) is 13.6 Å². The summed E-state index contributed by atoms with van der Waals surface area (Å²) in [7, 11) is 1.93. The molecule has 0 radical (unpaired) electrons. The smallest absolute Gasteiger partial charge is 0.336 e. The highest BCUT2D eigenvalue weighted by Crippen LogP contribution is 2.24. The zero-order chi connectivity index (χ0) is 15.6. The van der Waals surface area contributed by atoms with E-state index in [1.165, 1.54) is 0 Å². The normalized spacial score (nSPS) is 14.3. The summed E-state index contributed by atoms with van der Waals surface area (Å²) in [6, 6.07) is 1.67. The van der Waals surface area contributed by atoms with Crippen molar-refractivity contribution in [1.82, 2.24) is 10.2 Å². The van der Waals surface area contributed by atoms with Gasteiger partial charge in [0.05, 0.1) is 11.1 Å². The zero-order valence-electron chi connectivity index (χ0n) is 11.5. The predicted molar refractivity (Wildman–Crippen MR) is 71.3 cm³/mol. The molecule has 0 aromatic heterocycles. The number of nitrogens with zero attached hydrogens (tertiary/aromatic N) is 1. The van der Waals surface area contributed by atoms with Crippen molar-refractivity contribution < 1.29 is 23.5 Å². The Hall–Kier alpha value is -2.02. The molecule has 1 aliphatic rings. The molecule has 1 aromatic rings. The first-order valence-electron chi connectivity index (χ1n) is 6.61. The summed E-state index contributed by atoms with van der Waals surface area (Å²) in [6.07, 6.45) is 2.27. The molecule has 114 valence electrons. The summed E-state index contributed by atoms with van der Waals surface area (Å²) in [5, 5.41) is 11.5. The van der Waals surface area contributed by atoms with Crippen molar-refractivity contribution in [3.05, 3.63) is 34.9 Å². The summed E-state index contributed by atoms with van der Waals surface area (Å²) < 4.78 is 26.3. The van der Waals surface area contributed by atoms with Crippen molar-refractivity contribution in [2.75, 3.05) is 20.1 Å². The minimum Gasteiger partial charge on any atom is -0.478 e. The number of amides is 1. The molecule has 0 aliphatic heterocycles. The molecule has 2 N–H and O–H groups in total. The Morgan fingerprint density at radius 2 is 1.86 bits per heavy atom. The van der Waals surface area contributed by atoms with E-state index in [9.17, 15) is 18.4 Å². The van der Waals surface area contributed by atoms with Crippen molar-refractivity contribution in [1.29, 1.82) is 0 Å². The molecule has 0 bridgehead atoms. The van der Waals surface area contributed by atoms with Crippen LogP contribution in [-0.4, -0.2) is 48.1 Å². The van der Waals surface area contributed by atoms with Crippen molar-refractivity contribution in [3.8, 4) is 0 Å². The van der Waals surface area contributed by atoms with E-state index in [-0.39, 0.29) is 5.56 Å². The minimum absolute atomic E-state index is 0.309. The monoisotopic (exact) mass is 298 g/mol. The molecule has 1 fully saturated rings. The first-order valence-corrected chi connectivity index (χ1v) is 6.61. The zero-order valence-corrected chi connectivity index (χ0v) is 11.5. The number of halogens is 2. The molecule has 1 aromatic carbocycles. The largest absolute Gasteiger partial charge is 0.478 e. The Morgan fingerprint density at radius 3 is 2.38 bits per heavy atom. The maximum atomic E-state index is 13.2. The molecular formula is C14H16F2N2O3. The molecule has 7 heteroatoms. The van der Waals surface area contributed by atoms with E-state index in [4.69, 9.17) is 5.11 Å². The van der Waals surface area contributed by atoms with Crippen LogP contribution in [0.5, 0.6) is 0 Å². The van der Waals surface area contributed by atoms with Crippen LogP contribution in [-0.2, 0) is 0 Å². The number of nitrogens with one attached hydrogen (secondary N) is 1. The number of hydrogen-bond donors (Lipinski definition) is 2. The highest BCUT2D eigenvalue weighted by Gasteiger charge is 2.26. The Balaban J connectivity index is 2.03. The van der Waals surface area contributed by atoms with Crippen LogP contribution in [0.1, 0.15) is 33.6 Å². The fourth-order valence-electron chi connectivity index (χ4n) is 2.05. The molecule has 0 spiro atoms. The molecule has 0 atom stereocenters. The second kappa shape index (κ2) is 6.17. The predicted octanol–water partition coefficient (Wildman–Crippen LogP) is 1.49. The van der Waals surface area contributed by atoms with Crippen LogP contribution < -0.4 is 5.32 Å². The van der Waals surface area contributed by atoms with E-state index in [0.29, 0.717) is 31.3 Å². The molecule has 21 heavy (non-hydrogen) atoms. The number of benzene rings is 1. The lowest BCUT2D eigenvalue weighted by Gasteiger charge is -2.16. The van der Waals surface area contributed by atoms with Crippen LogP contribution >= 0.6 is 0 Å². The molecule has 0 unspecified atom stereocenters. The number of carbonyl (C=O) groups excluding carboxylic acids is 1. The maximum absolute atomic E-state index is 13.2. The number of carboxylic acids is 1. The van der Waals surface area contributed by atoms with Crippen LogP contribution in [0.2, 0.25) is 0 Å². The minimum atomic E-state index is -1.48. The molecule has 1 aliphatic carbocycles. The van der Waals surface area contributed by atoms with E-state index < -0.39 is 29.1 Å². The van der Waals surface area contributed by atoms with Gasteiger partial charge in [0, 0.05) is 19.1 Å². The van der Waals surface area contributed by atoms with E-state index in [1.807, 2.05) is 7.05 Å². The van der Waals surface area contributed by atoms with Crippen LogP contribution in [0.25, 0.3) is 0 Å². The Kier molecular flexibility index (Phi) is 4.52. The summed E-state index contributed by atoms with van der Waals surface area (Å²) in [5.41, 5.74) is -0.933. The third-order valence-electron chi connectivity index (χ3n) is 3.46. The quantitative estimate of drug-likeness (QED) is 0.835. The van der Waals surface area contributed by atoms with E-state index in [1.54, 1.807) is 0 Å². The van der Waals surface area contributed by atoms with Gasteiger partial charge in [-0.3, -0.25) is 4.79 Å². The summed E-state index contributed by atoms with van der Waals surface area (Å²) >= 11 is 0. The number of hydrogen-bond acceptors (Lipinski definition) is 3. The summed E-state index contributed by atoms with van der Waals surface area (Å²) in [4.78, 5) is 25.0. The van der Waals surface area contributed by atoms with Gasteiger partial charge in [0.25, 0.3) is 5.91 Å². The molecule has 1 saturated carbocycles. The average Bonchev–Trinajstić information content (AvgIpc) is 3.25. The lowest BCUT2D eigenvalue weighted by atomic mass is 10.1. The average molecular weight is 298 g/mol. The molecule has 1 amide bonds. The fourth-order valence-corrected chi connectivity index (χ4v) is 2.05. The van der Waals surface area contributed by atoms with E-state index in [2.05, 4.69) is 10.2 Å². The standard InChI is InChI=1S/C14H16F2N2O3/c1-18(8-2-3-8)5-4-17-13(19)9-6-11(15)12(16)7-10(9)14(20)21/h6-8H,2-5H2,1H3,(H,17,19)(H,20,21). The number of carboxylic acid groups (broad SMARTS) is 1. The number of likely N-dealkylation sites (N-methyl/N-ethyl adjacent to an activating group) is 1. The fraction of sp³-hybridized carbons (Fsp3) is 0.429. The van der Waals surface area contributed by atoms with Crippen molar-refractivity contribution in [2.45, 2.75) is 18.9 Å². The van der Waals surface area contributed by atoms with Gasteiger partial charge >= 0.3 is 5.97 Å². The summed E-state index contributed by atoms with van der Waals surface area (Å²) in [5.74, 6) is -4.75. The second-order valence-corrected chi connectivity index (χ2v) is 5.08. The van der Waals surface area contributed by atoms with Gasteiger partial charge < -0.3 is 15.3 Å². The van der Waals surface area contributed by atoms with Gasteiger partial charge in [-0.1, -0.05) is 0 Å². The number of carbonyl (C=O) groups is 2. The first kappa shape index (κ1) is 15.4. The maximum Gasteiger partial charge on any atom is 0.336 e. The highest BCUT2D eigenvalue weighted by atomic mass is 19.2. The van der Waals surface area contributed by atoms with Gasteiger partial charge in [-0.15, -0.1) is 0 Å². The third kappa shape index (κ3) is 3.75. The molecule has 0 saturated heterocycles. The van der Waals surface area contributed by atoms with Gasteiger partial charge in [0.2, 0.25) is 0 Å². The topological polar surface area (TPSA) is 69.6 Å². The lowest BCUT2D eigenvalue weighted by Crippen LogP contribution is -2.34. The number of aromatic carboxylic acids is 1. The molecule has 2 rings (SSSR count). The van der Waals surface area contributed by atoms with Crippen LogP contribution in [0.15, 0.2) is 12.1 Å². The summed E-state index contributed by atoms with van der Waals surface area (Å²) in [6.45, 7) is 0.923. The Morgan fingerprint density at radius 1 is 1.29 bits per heavy atom. The van der Waals surface area contributed by atoms with Crippen LogP contribution in [0, 0.1) is 11.6 Å². The van der Waals surface area contributed by atoms with Crippen molar-refractivity contribution in [3.63, 3.8) is 0 Å². The Labute approximate surface area is 120 Å². The van der Waals surface area contributed by atoms with Crippen LogP contribution in [0.4, 0.5) is 8.78 Å². The second-order valence-electron chi connectivity index (χ2n) is 5.08. The van der Waals surface area contributed by atoms with Gasteiger partial charge in [0.15, 0.2) is 11.6 Å². The Bertz CT molecular complexity index is 574. The first-order chi connectivity index (χ1) is 9.90. The van der Waals surface area contributed by atoms with Gasteiger partial charge in [0.1, 0.15) is 0 Å². The van der Waals surface area contributed by atoms with E-state index >= 15 is 0 Å². The SMILES string of the molecule is CN(CCNC(=O)c1cc(F)c(F)cc1C(=O)O)C1CC1. The van der Waals surface area contributed by atoms with Crippen molar-refractivity contribution >= 4 is 11.9 Å². The number of rotatable bonds is 6. The van der Waals surface area contributed by atoms with Crippen molar-refractivity contribution in [2.24, 2.45) is 0 Å².